The molecule has 0 aliphatic carbocycles. The normalized spacial score (nSPS) is 20.3. The van der Waals surface area contributed by atoms with Gasteiger partial charge in [-0.25, -0.2) is 0 Å². The van der Waals surface area contributed by atoms with Gasteiger partial charge in [-0.1, -0.05) is 0 Å². The number of rotatable bonds is 2. The Kier molecular flexibility index (Phi) is 3.82. The average molecular weight is 342 g/mol. The van der Waals surface area contributed by atoms with Gasteiger partial charge < -0.3 is 10.2 Å². The Balaban J connectivity index is 1.80. The van der Waals surface area contributed by atoms with Crippen LogP contribution < -0.4 is 15.8 Å². The summed E-state index contributed by atoms with van der Waals surface area (Å²) in [6.45, 7) is 3.69. The third-order valence-electron chi connectivity index (χ3n) is 5.24. The van der Waals surface area contributed by atoms with Gasteiger partial charge in [0.15, 0.2) is 0 Å². The van der Waals surface area contributed by atoms with E-state index in [9.17, 15) is 9.59 Å². The molecule has 1 unspecified atom stereocenters. The molecule has 2 aromatic rings. The SMILES string of the molecule is Cc1c(C2CC(=O)Nc3nc(N4CCCCC4)[nH]c(=O)c32)cnn1C. The van der Waals surface area contributed by atoms with E-state index in [1.807, 2.05) is 14.0 Å². The van der Waals surface area contributed by atoms with E-state index >= 15 is 0 Å². The number of fused-ring (bicyclic) bond motifs is 1. The van der Waals surface area contributed by atoms with Crippen LogP contribution in [-0.2, 0) is 11.8 Å². The van der Waals surface area contributed by atoms with Crippen LogP contribution in [0.4, 0.5) is 11.8 Å². The number of nitrogens with one attached hydrogen (secondary N) is 2. The van der Waals surface area contributed by atoms with Crippen LogP contribution in [0.25, 0.3) is 0 Å². The van der Waals surface area contributed by atoms with Crippen molar-refractivity contribution in [2.45, 2.75) is 38.5 Å². The fourth-order valence-corrected chi connectivity index (χ4v) is 3.74. The Hall–Kier alpha value is -2.64. The molecule has 132 valence electrons. The fourth-order valence-electron chi connectivity index (χ4n) is 3.74. The first-order valence-corrected chi connectivity index (χ1v) is 8.72. The number of H-pyrrole nitrogens is 1. The van der Waals surface area contributed by atoms with Crippen LogP contribution in [0.1, 0.15) is 48.4 Å². The summed E-state index contributed by atoms with van der Waals surface area (Å²) in [5, 5.41) is 7.04. The van der Waals surface area contributed by atoms with Crippen molar-refractivity contribution in [1.29, 1.82) is 0 Å². The Morgan fingerprint density at radius 2 is 1.96 bits per heavy atom. The number of carbonyl (C=O) groups is 1. The van der Waals surface area contributed by atoms with Gasteiger partial charge in [0.1, 0.15) is 5.82 Å². The van der Waals surface area contributed by atoms with Crippen LogP contribution in [0, 0.1) is 6.92 Å². The number of anilines is 2. The van der Waals surface area contributed by atoms with Crippen molar-refractivity contribution in [3.8, 4) is 0 Å². The maximum atomic E-state index is 12.8. The van der Waals surface area contributed by atoms with Gasteiger partial charge in [0.2, 0.25) is 11.9 Å². The first-order valence-electron chi connectivity index (χ1n) is 8.72. The summed E-state index contributed by atoms with van der Waals surface area (Å²) >= 11 is 0. The Morgan fingerprint density at radius 3 is 2.64 bits per heavy atom. The summed E-state index contributed by atoms with van der Waals surface area (Å²) in [6.07, 6.45) is 5.34. The van der Waals surface area contributed by atoms with Gasteiger partial charge in [-0.05, 0) is 26.2 Å². The standard InChI is InChI=1S/C17H22N6O2/c1-10-12(9-18-22(10)2)11-8-13(24)19-15-14(11)16(25)21-17(20-15)23-6-4-3-5-7-23/h9,11H,3-8H2,1-2H3,(H2,19,20,21,24,25). The van der Waals surface area contributed by atoms with E-state index < -0.39 is 0 Å². The number of amides is 1. The van der Waals surface area contributed by atoms with Crippen LogP contribution >= 0.6 is 0 Å². The van der Waals surface area contributed by atoms with Gasteiger partial charge in [-0.2, -0.15) is 10.1 Å². The second-order valence-electron chi connectivity index (χ2n) is 6.81. The van der Waals surface area contributed by atoms with Gasteiger partial charge in [-0.3, -0.25) is 19.3 Å². The number of hydrogen-bond donors (Lipinski definition) is 2. The van der Waals surface area contributed by atoms with Gasteiger partial charge in [-0.15, -0.1) is 0 Å². The third-order valence-corrected chi connectivity index (χ3v) is 5.24. The zero-order valence-electron chi connectivity index (χ0n) is 14.5. The molecule has 2 aliphatic rings. The largest absolute Gasteiger partial charge is 0.342 e. The van der Waals surface area contributed by atoms with E-state index in [1.165, 1.54) is 6.42 Å². The van der Waals surface area contributed by atoms with Crippen molar-refractivity contribution in [2.75, 3.05) is 23.3 Å². The van der Waals surface area contributed by atoms with E-state index in [2.05, 4.69) is 25.3 Å². The zero-order valence-corrected chi connectivity index (χ0v) is 14.5. The van der Waals surface area contributed by atoms with Crippen LogP contribution in [-0.4, -0.2) is 38.7 Å². The predicted molar refractivity (Wildman–Crippen MR) is 94.0 cm³/mol. The Labute approximate surface area is 145 Å². The van der Waals surface area contributed by atoms with Crippen molar-refractivity contribution in [3.63, 3.8) is 0 Å². The number of aromatic nitrogens is 4. The van der Waals surface area contributed by atoms with Crippen molar-refractivity contribution < 1.29 is 4.79 Å². The lowest BCUT2D eigenvalue weighted by molar-refractivity contribution is -0.116. The Bertz CT molecular complexity index is 878. The van der Waals surface area contributed by atoms with Gasteiger partial charge in [0.25, 0.3) is 5.56 Å². The molecule has 1 atom stereocenters. The fraction of sp³-hybridized carbons (Fsp3) is 0.529. The van der Waals surface area contributed by atoms with E-state index in [0.717, 1.165) is 37.2 Å². The lowest BCUT2D eigenvalue weighted by Gasteiger charge is -2.29. The number of hydrogen-bond acceptors (Lipinski definition) is 5. The molecule has 0 bridgehead atoms. The molecule has 1 saturated heterocycles. The molecule has 0 spiro atoms. The summed E-state index contributed by atoms with van der Waals surface area (Å²) < 4.78 is 1.76. The molecule has 25 heavy (non-hydrogen) atoms. The lowest BCUT2D eigenvalue weighted by atomic mass is 9.87. The molecule has 1 fully saturated rings. The van der Waals surface area contributed by atoms with Gasteiger partial charge in [0, 0.05) is 43.7 Å². The quantitative estimate of drug-likeness (QED) is 0.857. The highest BCUT2D eigenvalue weighted by Gasteiger charge is 2.33. The van der Waals surface area contributed by atoms with Gasteiger partial charge in [0.05, 0.1) is 11.8 Å². The van der Waals surface area contributed by atoms with Gasteiger partial charge >= 0.3 is 0 Å². The summed E-state index contributed by atoms with van der Waals surface area (Å²) in [4.78, 5) is 34.6. The van der Waals surface area contributed by atoms with Crippen molar-refractivity contribution >= 4 is 17.7 Å². The van der Waals surface area contributed by atoms with E-state index in [0.29, 0.717) is 17.3 Å². The molecule has 0 radical (unpaired) electrons. The molecule has 0 aromatic carbocycles. The van der Waals surface area contributed by atoms with Crippen molar-refractivity contribution in [3.05, 3.63) is 33.4 Å². The maximum absolute atomic E-state index is 12.8. The summed E-state index contributed by atoms with van der Waals surface area (Å²) in [5.41, 5.74) is 2.19. The number of nitrogens with zero attached hydrogens (tertiary/aromatic N) is 4. The maximum Gasteiger partial charge on any atom is 0.258 e. The molecule has 2 aromatic heterocycles. The molecule has 2 N–H and O–H groups in total. The monoisotopic (exact) mass is 342 g/mol. The minimum atomic E-state index is -0.316. The highest BCUT2D eigenvalue weighted by atomic mass is 16.2. The minimum absolute atomic E-state index is 0.122. The highest BCUT2D eigenvalue weighted by Crippen LogP contribution is 2.35. The van der Waals surface area contributed by atoms with Crippen LogP contribution in [0.2, 0.25) is 0 Å². The van der Waals surface area contributed by atoms with E-state index in [-0.39, 0.29) is 23.8 Å². The summed E-state index contributed by atoms with van der Waals surface area (Å²) in [6, 6.07) is 0. The molecule has 8 nitrogen and oxygen atoms in total. The second kappa shape index (κ2) is 6.02. The number of aromatic amines is 1. The average Bonchev–Trinajstić information content (AvgIpc) is 2.93. The first-order chi connectivity index (χ1) is 12.0. The van der Waals surface area contributed by atoms with Crippen LogP contribution in [0.3, 0.4) is 0 Å². The lowest BCUT2D eigenvalue weighted by Crippen LogP contribution is -2.36. The molecular weight excluding hydrogens is 320 g/mol. The molecule has 4 rings (SSSR count). The third kappa shape index (κ3) is 2.71. The van der Waals surface area contributed by atoms with E-state index in [1.54, 1.807) is 10.9 Å². The van der Waals surface area contributed by atoms with Crippen molar-refractivity contribution in [1.82, 2.24) is 19.7 Å². The molecule has 2 aliphatic heterocycles. The minimum Gasteiger partial charge on any atom is -0.342 e. The molecule has 8 heteroatoms. The van der Waals surface area contributed by atoms with Crippen LogP contribution in [0.15, 0.2) is 11.0 Å². The zero-order chi connectivity index (χ0) is 17.6. The molecule has 0 saturated carbocycles. The first kappa shape index (κ1) is 15.9. The summed E-state index contributed by atoms with van der Waals surface area (Å²) in [5.74, 6) is 0.494. The highest BCUT2D eigenvalue weighted by molar-refractivity contribution is 5.94. The van der Waals surface area contributed by atoms with Crippen molar-refractivity contribution in [2.24, 2.45) is 7.05 Å². The van der Waals surface area contributed by atoms with E-state index in [4.69, 9.17) is 0 Å². The molecule has 1 amide bonds. The Morgan fingerprint density at radius 1 is 1.20 bits per heavy atom. The summed E-state index contributed by atoms with van der Waals surface area (Å²) in [7, 11) is 1.85. The second-order valence-corrected chi connectivity index (χ2v) is 6.81. The number of aryl methyl sites for hydroxylation is 1. The number of carbonyl (C=O) groups excluding carboxylic acids is 1. The topological polar surface area (TPSA) is 95.9 Å². The molecule has 4 heterocycles. The van der Waals surface area contributed by atoms with Crippen LogP contribution in [0.5, 0.6) is 0 Å². The smallest absolute Gasteiger partial charge is 0.258 e. The molecular formula is C17H22N6O2. The predicted octanol–water partition coefficient (Wildman–Crippen LogP) is 1.28. The number of piperidine rings is 1.